The van der Waals surface area contributed by atoms with Crippen molar-refractivity contribution in [2.45, 2.75) is 26.1 Å². The average molecular weight is 406 g/mol. The molecule has 1 aliphatic heterocycles. The molecule has 0 bridgehead atoms. The first-order valence-electron chi connectivity index (χ1n) is 8.33. The second-order valence-corrected chi connectivity index (χ2v) is 7.44. The summed E-state index contributed by atoms with van der Waals surface area (Å²) in [5.74, 6) is -0.854. The number of aromatic nitrogens is 2. The number of aryl methyl sites for hydroxylation is 1. The number of thiophene rings is 1. The highest BCUT2D eigenvalue weighted by Crippen LogP contribution is 2.36. The minimum absolute atomic E-state index is 0.00128. The molecule has 0 amide bonds. The van der Waals surface area contributed by atoms with Crippen molar-refractivity contribution < 1.29 is 23.1 Å². The van der Waals surface area contributed by atoms with E-state index < -0.39 is 17.7 Å². The Labute approximate surface area is 160 Å². The van der Waals surface area contributed by atoms with Gasteiger partial charge in [0.2, 0.25) is 0 Å². The molecule has 3 aromatic rings. The van der Waals surface area contributed by atoms with Gasteiger partial charge in [-0.05, 0) is 42.2 Å². The minimum Gasteiger partial charge on any atom is -0.477 e. The lowest BCUT2D eigenvalue weighted by Crippen LogP contribution is -2.20. The van der Waals surface area contributed by atoms with Crippen molar-refractivity contribution >= 4 is 39.2 Å². The van der Waals surface area contributed by atoms with Crippen molar-refractivity contribution in [1.82, 2.24) is 9.55 Å². The Kier molecular flexibility index (Phi) is 4.15. The number of hydrogen-bond acceptors (Lipinski definition) is 4. The van der Waals surface area contributed by atoms with Crippen LogP contribution in [0.15, 0.2) is 29.1 Å². The maximum atomic E-state index is 13.3. The summed E-state index contributed by atoms with van der Waals surface area (Å²) in [6.07, 6.45) is -2.72. The molecule has 4 rings (SSSR count). The van der Waals surface area contributed by atoms with Crippen molar-refractivity contribution in [1.29, 1.82) is 0 Å². The molecule has 1 aromatic carbocycles. The Morgan fingerprint density at radius 3 is 2.71 bits per heavy atom. The largest absolute Gasteiger partial charge is 0.477 e. The Morgan fingerprint density at radius 1 is 1.32 bits per heavy atom. The Bertz CT molecular complexity index is 1220. The van der Waals surface area contributed by atoms with Crippen LogP contribution in [0.3, 0.4) is 0 Å². The van der Waals surface area contributed by atoms with Gasteiger partial charge in [0, 0.05) is 6.54 Å². The number of allylic oxidation sites excluding steroid dienone is 1. The fraction of sp³-hybridized carbons (Fsp3) is 0.211. The first-order valence-corrected chi connectivity index (χ1v) is 9.14. The lowest BCUT2D eigenvalue weighted by molar-refractivity contribution is -0.137. The molecule has 0 radical (unpaired) electrons. The fourth-order valence-electron chi connectivity index (χ4n) is 3.42. The van der Waals surface area contributed by atoms with Crippen molar-refractivity contribution in [2.75, 3.05) is 0 Å². The van der Waals surface area contributed by atoms with Gasteiger partial charge in [0.05, 0.1) is 10.9 Å². The van der Waals surface area contributed by atoms with Crippen LogP contribution in [0.1, 0.15) is 38.6 Å². The number of hydrogen-bond donors (Lipinski definition) is 1. The summed E-state index contributed by atoms with van der Waals surface area (Å²) >= 11 is 0.897. The predicted octanol–water partition coefficient (Wildman–Crippen LogP) is 4.43. The number of carboxylic acid groups (broad SMARTS) is 1. The number of carboxylic acids is 1. The summed E-state index contributed by atoms with van der Waals surface area (Å²) in [5.41, 5.74) is -0.251. The van der Waals surface area contributed by atoms with Gasteiger partial charge >= 0.3 is 12.1 Å². The lowest BCUT2D eigenvalue weighted by Gasteiger charge is -2.10. The van der Waals surface area contributed by atoms with Crippen LogP contribution in [0.2, 0.25) is 0 Å². The molecule has 5 nitrogen and oxygen atoms in total. The molecule has 0 atom stereocenters. The number of rotatable bonds is 2. The van der Waals surface area contributed by atoms with E-state index in [2.05, 4.69) is 4.98 Å². The van der Waals surface area contributed by atoms with Gasteiger partial charge in [-0.25, -0.2) is 9.78 Å². The van der Waals surface area contributed by atoms with Crippen molar-refractivity contribution in [3.05, 3.63) is 62.0 Å². The molecule has 0 fully saturated rings. The van der Waals surface area contributed by atoms with Crippen LogP contribution in [0, 0.1) is 6.92 Å². The molecule has 0 saturated heterocycles. The number of benzene rings is 1. The first-order chi connectivity index (χ1) is 13.2. The van der Waals surface area contributed by atoms with Crippen LogP contribution < -0.4 is 5.56 Å². The fourth-order valence-corrected chi connectivity index (χ4v) is 4.43. The van der Waals surface area contributed by atoms with E-state index in [4.69, 9.17) is 0 Å². The zero-order chi connectivity index (χ0) is 20.2. The van der Waals surface area contributed by atoms with Gasteiger partial charge < -0.3 is 5.11 Å². The monoisotopic (exact) mass is 406 g/mol. The number of aromatic carboxylic acids is 1. The van der Waals surface area contributed by atoms with Gasteiger partial charge in [-0.15, -0.1) is 11.3 Å². The lowest BCUT2D eigenvalue weighted by atomic mass is 10.0. The molecule has 1 aliphatic rings. The molecule has 0 saturated carbocycles. The first kappa shape index (κ1) is 18.4. The van der Waals surface area contributed by atoms with Crippen LogP contribution in [0.25, 0.3) is 21.9 Å². The molecule has 9 heteroatoms. The second-order valence-electron chi connectivity index (χ2n) is 6.44. The van der Waals surface area contributed by atoms with Crippen molar-refractivity contribution in [3.8, 4) is 0 Å². The third-order valence-electron chi connectivity index (χ3n) is 4.73. The Morgan fingerprint density at radius 2 is 2.04 bits per heavy atom. The van der Waals surface area contributed by atoms with E-state index in [0.29, 0.717) is 17.6 Å². The molecule has 1 N–H and O–H groups in total. The molecule has 0 unspecified atom stereocenters. The molecule has 144 valence electrons. The highest BCUT2D eigenvalue weighted by atomic mass is 32.1. The Balaban J connectivity index is 1.91. The Hall–Kier alpha value is -2.94. The molecule has 2 aromatic heterocycles. The summed E-state index contributed by atoms with van der Waals surface area (Å²) in [4.78, 5) is 28.9. The number of nitrogens with zero attached hydrogens (tertiary/aromatic N) is 2. The van der Waals surface area contributed by atoms with Gasteiger partial charge in [-0.1, -0.05) is 18.2 Å². The molecular weight excluding hydrogens is 393 g/mol. The standard InChI is InChI=1S/C19H13F3N2O3S/c1-9-13-16(28-14(9)18(26)27)23-15-11(6-7-24(15)17(13)25)8-10-4-2-3-5-12(10)19(20,21)22/h2-5,8H,6-7H2,1H3,(H,26,27)/b11-8-. The van der Waals surface area contributed by atoms with Crippen molar-refractivity contribution in [2.24, 2.45) is 0 Å². The normalized spacial score (nSPS) is 15.4. The third kappa shape index (κ3) is 2.82. The van der Waals surface area contributed by atoms with E-state index in [1.54, 1.807) is 6.92 Å². The summed E-state index contributed by atoms with van der Waals surface area (Å²) in [6, 6.07) is 5.21. The number of carbonyl (C=O) groups is 1. The molecule has 0 spiro atoms. The summed E-state index contributed by atoms with van der Waals surface area (Å²) in [7, 11) is 0. The SMILES string of the molecule is Cc1c(C(=O)O)sc2nc3n(c(=O)c12)CC/C3=C/c1ccccc1C(F)(F)F. The highest BCUT2D eigenvalue weighted by molar-refractivity contribution is 7.20. The van der Waals surface area contributed by atoms with Crippen LogP contribution in [0.5, 0.6) is 0 Å². The quantitative estimate of drug-likeness (QED) is 0.684. The zero-order valence-corrected chi connectivity index (χ0v) is 15.3. The van der Waals surface area contributed by atoms with Crippen molar-refractivity contribution in [3.63, 3.8) is 0 Å². The van der Waals surface area contributed by atoms with E-state index in [1.807, 2.05) is 0 Å². The third-order valence-corrected chi connectivity index (χ3v) is 5.91. The van der Waals surface area contributed by atoms with Crippen LogP contribution in [0.4, 0.5) is 13.2 Å². The van der Waals surface area contributed by atoms with Crippen LogP contribution >= 0.6 is 11.3 Å². The van der Waals surface area contributed by atoms with E-state index in [9.17, 15) is 27.9 Å². The topological polar surface area (TPSA) is 72.2 Å². The second kappa shape index (κ2) is 6.30. The average Bonchev–Trinajstić information content (AvgIpc) is 3.17. The molecule has 28 heavy (non-hydrogen) atoms. The molecule has 3 heterocycles. The summed E-state index contributed by atoms with van der Waals surface area (Å²) in [6.45, 7) is 1.85. The van der Waals surface area contributed by atoms with E-state index in [-0.39, 0.29) is 38.6 Å². The maximum absolute atomic E-state index is 13.3. The van der Waals surface area contributed by atoms with E-state index in [1.165, 1.54) is 28.8 Å². The van der Waals surface area contributed by atoms with Crippen LogP contribution in [-0.4, -0.2) is 20.6 Å². The van der Waals surface area contributed by atoms with Gasteiger partial charge in [-0.3, -0.25) is 9.36 Å². The summed E-state index contributed by atoms with van der Waals surface area (Å²) < 4.78 is 41.2. The highest BCUT2D eigenvalue weighted by Gasteiger charge is 2.33. The van der Waals surface area contributed by atoms with Crippen LogP contribution in [-0.2, 0) is 12.7 Å². The van der Waals surface area contributed by atoms with Gasteiger partial charge in [0.1, 0.15) is 15.5 Å². The number of halogens is 3. The maximum Gasteiger partial charge on any atom is 0.416 e. The number of fused-ring (bicyclic) bond motifs is 2. The predicted molar refractivity (Wildman–Crippen MR) is 99.5 cm³/mol. The number of alkyl halides is 3. The molecule has 0 aliphatic carbocycles. The molecular formula is C19H13F3N2O3S. The zero-order valence-electron chi connectivity index (χ0n) is 14.5. The van der Waals surface area contributed by atoms with E-state index in [0.717, 1.165) is 17.4 Å². The van der Waals surface area contributed by atoms with Gasteiger partial charge in [-0.2, -0.15) is 13.2 Å². The van der Waals surface area contributed by atoms with Gasteiger partial charge in [0.15, 0.2) is 0 Å². The smallest absolute Gasteiger partial charge is 0.416 e. The summed E-state index contributed by atoms with van der Waals surface area (Å²) in [5, 5.41) is 9.53. The minimum atomic E-state index is -4.50. The van der Waals surface area contributed by atoms with Gasteiger partial charge in [0.25, 0.3) is 5.56 Å². The van der Waals surface area contributed by atoms with E-state index >= 15 is 0 Å².